The Balaban J connectivity index is 1.76. The number of anilines is 1. The molecule has 0 saturated carbocycles. The van der Waals surface area contributed by atoms with Gasteiger partial charge in [0.15, 0.2) is 11.0 Å². The van der Waals surface area contributed by atoms with Gasteiger partial charge in [0, 0.05) is 11.8 Å². The van der Waals surface area contributed by atoms with Crippen molar-refractivity contribution >= 4 is 23.5 Å². The van der Waals surface area contributed by atoms with E-state index in [4.69, 9.17) is 4.52 Å². The third-order valence-electron chi connectivity index (χ3n) is 3.79. The maximum atomic E-state index is 12.7. The number of nitrogens with one attached hydrogen (secondary N) is 1. The van der Waals surface area contributed by atoms with Crippen LogP contribution in [-0.4, -0.2) is 31.1 Å². The molecule has 1 atom stereocenters. The van der Waals surface area contributed by atoms with E-state index in [-0.39, 0.29) is 11.2 Å². The highest BCUT2D eigenvalue weighted by molar-refractivity contribution is 8.00. The Hall–Kier alpha value is -2.61. The summed E-state index contributed by atoms with van der Waals surface area (Å²) in [6, 6.07) is 11.5. The van der Waals surface area contributed by atoms with Gasteiger partial charge in [0.25, 0.3) is 0 Å². The van der Waals surface area contributed by atoms with Gasteiger partial charge in [-0.2, -0.15) is 0 Å². The minimum Gasteiger partial charge on any atom is -0.360 e. The summed E-state index contributed by atoms with van der Waals surface area (Å²) >= 11 is 1.41. The number of para-hydroxylation sites is 1. The van der Waals surface area contributed by atoms with E-state index in [2.05, 4.69) is 27.6 Å². The number of hydrogen-bond acceptors (Lipinski definition) is 6. The molecule has 0 aliphatic heterocycles. The number of hydrogen-bond donors (Lipinski definition) is 1. The molecule has 2 aromatic heterocycles. The van der Waals surface area contributed by atoms with Crippen LogP contribution in [0.4, 0.5) is 5.82 Å². The van der Waals surface area contributed by atoms with E-state index >= 15 is 0 Å². The largest absolute Gasteiger partial charge is 0.360 e. The first-order valence-electron chi connectivity index (χ1n) is 8.53. The number of carbonyl (C=O) groups excluding carboxylic acids is 1. The van der Waals surface area contributed by atoms with Gasteiger partial charge in [-0.1, -0.05) is 54.9 Å². The molecule has 1 unspecified atom stereocenters. The van der Waals surface area contributed by atoms with E-state index in [1.807, 2.05) is 34.9 Å². The molecule has 0 spiro atoms. The fourth-order valence-electron chi connectivity index (χ4n) is 2.46. The summed E-state index contributed by atoms with van der Waals surface area (Å²) in [4.78, 5) is 12.7. The minimum absolute atomic E-state index is 0.112. The van der Waals surface area contributed by atoms with Crippen molar-refractivity contribution in [2.45, 2.75) is 43.5 Å². The molecule has 0 saturated heterocycles. The van der Waals surface area contributed by atoms with Gasteiger partial charge in [-0.25, -0.2) is 0 Å². The maximum absolute atomic E-state index is 12.7. The minimum atomic E-state index is -0.293. The van der Waals surface area contributed by atoms with E-state index in [0.717, 1.165) is 24.9 Å². The monoisotopic (exact) mass is 371 g/mol. The van der Waals surface area contributed by atoms with E-state index < -0.39 is 0 Å². The summed E-state index contributed by atoms with van der Waals surface area (Å²) in [5, 5.41) is 15.3. The van der Waals surface area contributed by atoms with Gasteiger partial charge in [0.1, 0.15) is 12.1 Å². The maximum Gasteiger partial charge on any atom is 0.239 e. The van der Waals surface area contributed by atoms with E-state index in [0.29, 0.717) is 16.7 Å². The lowest BCUT2D eigenvalue weighted by Crippen LogP contribution is -2.25. The average Bonchev–Trinajstić information content (AvgIpc) is 3.28. The van der Waals surface area contributed by atoms with E-state index in [1.54, 1.807) is 19.3 Å². The fourth-order valence-corrected chi connectivity index (χ4v) is 3.53. The molecule has 0 aliphatic carbocycles. The van der Waals surface area contributed by atoms with Crippen LogP contribution in [0, 0.1) is 6.92 Å². The quantitative estimate of drug-likeness (QED) is 0.605. The fraction of sp³-hybridized carbons (Fsp3) is 0.333. The van der Waals surface area contributed by atoms with Crippen molar-refractivity contribution in [1.29, 1.82) is 0 Å². The van der Waals surface area contributed by atoms with Gasteiger partial charge in [-0.05, 0) is 25.5 Å². The number of rotatable bonds is 8. The average molecular weight is 371 g/mol. The number of benzene rings is 1. The van der Waals surface area contributed by atoms with Crippen molar-refractivity contribution in [3.8, 4) is 5.69 Å². The normalized spacial score (nSPS) is 12.1. The molecular weight excluding hydrogens is 350 g/mol. The third kappa shape index (κ3) is 4.51. The van der Waals surface area contributed by atoms with E-state index in [9.17, 15) is 4.79 Å². The first kappa shape index (κ1) is 18.2. The molecule has 0 bridgehead atoms. The van der Waals surface area contributed by atoms with Gasteiger partial charge in [0.05, 0.1) is 5.25 Å². The van der Waals surface area contributed by atoms with Crippen LogP contribution in [0.25, 0.3) is 5.69 Å². The highest BCUT2D eigenvalue weighted by Crippen LogP contribution is 2.28. The Bertz CT molecular complexity index is 846. The zero-order valence-corrected chi connectivity index (χ0v) is 15.6. The van der Waals surface area contributed by atoms with Crippen LogP contribution in [0.1, 0.15) is 31.9 Å². The third-order valence-corrected chi connectivity index (χ3v) is 5.01. The first-order chi connectivity index (χ1) is 12.7. The number of amides is 1. The van der Waals surface area contributed by atoms with Crippen molar-refractivity contribution in [2.24, 2.45) is 0 Å². The molecule has 8 heteroatoms. The lowest BCUT2D eigenvalue weighted by atomic mass is 10.2. The van der Waals surface area contributed by atoms with Gasteiger partial charge >= 0.3 is 0 Å². The molecule has 0 fully saturated rings. The zero-order valence-electron chi connectivity index (χ0n) is 14.8. The van der Waals surface area contributed by atoms with Crippen LogP contribution < -0.4 is 5.32 Å². The zero-order chi connectivity index (χ0) is 18.4. The summed E-state index contributed by atoms with van der Waals surface area (Å²) in [6.45, 7) is 3.89. The number of unbranched alkanes of at least 4 members (excludes halogenated alkanes) is 1. The Morgan fingerprint density at radius 3 is 2.85 bits per heavy atom. The predicted octanol–water partition coefficient (Wildman–Crippen LogP) is 3.85. The summed E-state index contributed by atoms with van der Waals surface area (Å²) < 4.78 is 6.90. The highest BCUT2D eigenvalue weighted by Gasteiger charge is 2.23. The summed E-state index contributed by atoms with van der Waals surface area (Å²) in [7, 11) is 0. The number of aryl methyl sites for hydroxylation is 1. The van der Waals surface area contributed by atoms with Crippen LogP contribution in [0.5, 0.6) is 0 Å². The first-order valence-corrected chi connectivity index (χ1v) is 9.41. The van der Waals surface area contributed by atoms with E-state index in [1.165, 1.54) is 11.8 Å². The second kappa shape index (κ2) is 8.66. The highest BCUT2D eigenvalue weighted by atomic mass is 32.2. The Morgan fingerprint density at radius 2 is 2.15 bits per heavy atom. The van der Waals surface area contributed by atoms with Crippen LogP contribution in [0.15, 0.2) is 52.4 Å². The van der Waals surface area contributed by atoms with Crippen molar-refractivity contribution in [2.75, 3.05) is 5.32 Å². The van der Waals surface area contributed by atoms with Gasteiger partial charge in [0.2, 0.25) is 5.91 Å². The van der Waals surface area contributed by atoms with Crippen LogP contribution in [-0.2, 0) is 4.79 Å². The second-order valence-electron chi connectivity index (χ2n) is 5.88. The molecule has 1 N–H and O–H groups in total. The Morgan fingerprint density at radius 1 is 1.35 bits per heavy atom. The molecule has 2 heterocycles. The lowest BCUT2D eigenvalue weighted by molar-refractivity contribution is -0.115. The molecule has 7 nitrogen and oxygen atoms in total. The topological polar surface area (TPSA) is 85.8 Å². The van der Waals surface area contributed by atoms with Crippen molar-refractivity contribution in [3.05, 3.63) is 48.5 Å². The van der Waals surface area contributed by atoms with Crippen molar-refractivity contribution in [3.63, 3.8) is 0 Å². The molecule has 1 amide bonds. The number of carbonyl (C=O) groups is 1. The van der Waals surface area contributed by atoms with Gasteiger partial charge in [-0.3, -0.25) is 9.36 Å². The summed E-state index contributed by atoms with van der Waals surface area (Å²) in [5.74, 6) is 0.973. The molecule has 0 aliphatic rings. The van der Waals surface area contributed by atoms with Crippen LogP contribution in [0.3, 0.4) is 0 Å². The summed E-state index contributed by atoms with van der Waals surface area (Å²) in [5.41, 5.74) is 0.960. The molecule has 26 heavy (non-hydrogen) atoms. The van der Waals surface area contributed by atoms with Crippen LogP contribution >= 0.6 is 11.8 Å². The van der Waals surface area contributed by atoms with Crippen molar-refractivity contribution in [1.82, 2.24) is 19.9 Å². The molecule has 1 aromatic carbocycles. The summed E-state index contributed by atoms with van der Waals surface area (Å²) in [6.07, 6.45) is 4.36. The smallest absolute Gasteiger partial charge is 0.239 e. The molecule has 3 aromatic rings. The lowest BCUT2D eigenvalue weighted by Gasteiger charge is -2.15. The predicted molar refractivity (Wildman–Crippen MR) is 100 cm³/mol. The SMILES string of the molecule is CCCCC(Sc1nncn1-c1ccccc1)C(=O)Nc1cc(C)on1. The molecular formula is C18H21N5O2S. The second-order valence-corrected chi connectivity index (χ2v) is 7.05. The van der Waals surface area contributed by atoms with Crippen molar-refractivity contribution < 1.29 is 9.32 Å². The molecule has 3 rings (SSSR count). The van der Waals surface area contributed by atoms with Gasteiger partial charge in [-0.15, -0.1) is 10.2 Å². The molecule has 136 valence electrons. The Kier molecular flexibility index (Phi) is 6.06. The standard InChI is InChI=1S/C18H21N5O2S/c1-3-4-10-15(17(24)20-16-11-13(2)25-22-16)26-18-21-19-12-23(18)14-8-6-5-7-9-14/h5-9,11-12,15H,3-4,10H2,1-2H3,(H,20,22,24). The van der Waals surface area contributed by atoms with Gasteiger partial charge < -0.3 is 9.84 Å². The van der Waals surface area contributed by atoms with Crippen LogP contribution in [0.2, 0.25) is 0 Å². The number of thioether (sulfide) groups is 1. The number of aromatic nitrogens is 4. The molecule has 0 radical (unpaired) electrons. The Labute approximate surface area is 156 Å². The number of nitrogens with zero attached hydrogens (tertiary/aromatic N) is 4.